The van der Waals surface area contributed by atoms with Crippen LogP contribution in [0.25, 0.3) is 0 Å². The number of carbonyl (C=O) groups is 2. The third kappa shape index (κ3) is 7.93. The number of unbranched alkanes of at least 4 members (excludes halogenated alkanes) is 1. The molecule has 8 heteroatoms. The summed E-state index contributed by atoms with van der Waals surface area (Å²) in [5.74, 6) is -0.737. The molecule has 0 aromatic heterocycles. The van der Waals surface area contributed by atoms with E-state index in [2.05, 4.69) is 5.32 Å². The van der Waals surface area contributed by atoms with E-state index in [4.69, 9.17) is 0 Å². The molecule has 208 valence electrons. The van der Waals surface area contributed by atoms with Crippen LogP contribution in [0.3, 0.4) is 0 Å². The maximum atomic E-state index is 13.9. The van der Waals surface area contributed by atoms with Gasteiger partial charge in [-0.1, -0.05) is 78.6 Å². The van der Waals surface area contributed by atoms with Crippen LogP contribution in [0.5, 0.6) is 0 Å². The smallest absolute Gasteiger partial charge is 0.264 e. The SMILES string of the molecule is CCCCNC(=O)C(C)N(Cc1cccc(C)c1)C(=O)CN(c1ccc(C)cc1)S(=O)(=O)c1ccc(C)cc1. The van der Waals surface area contributed by atoms with E-state index >= 15 is 0 Å². The summed E-state index contributed by atoms with van der Waals surface area (Å²) < 4.78 is 28.8. The molecule has 0 aliphatic carbocycles. The van der Waals surface area contributed by atoms with Crippen molar-refractivity contribution in [1.29, 1.82) is 0 Å². The third-order valence-corrected chi connectivity index (χ3v) is 8.43. The van der Waals surface area contributed by atoms with E-state index in [9.17, 15) is 18.0 Å². The van der Waals surface area contributed by atoms with Gasteiger partial charge in [0.15, 0.2) is 0 Å². The van der Waals surface area contributed by atoms with E-state index in [1.165, 1.54) is 4.90 Å². The second kappa shape index (κ2) is 13.4. The molecule has 0 radical (unpaired) electrons. The van der Waals surface area contributed by atoms with Gasteiger partial charge in [-0.05, 0) is 63.9 Å². The number of hydrogen-bond acceptors (Lipinski definition) is 4. The van der Waals surface area contributed by atoms with E-state index in [0.717, 1.165) is 39.4 Å². The zero-order valence-corrected chi connectivity index (χ0v) is 24.3. The predicted octanol–water partition coefficient (Wildman–Crippen LogP) is 5.14. The Kier molecular flexibility index (Phi) is 10.3. The highest BCUT2D eigenvalue weighted by Gasteiger charge is 2.32. The molecule has 1 unspecified atom stereocenters. The Hall–Kier alpha value is -3.65. The Bertz CT molecular complexity index is 1370. The Morgan fingerprint density at radius 3 is 2.08 bits per heavy atom. The molecule has 3 aromatic carbocycles. The van der Waals surface area contributed by atoms with E-state index in [0.29, 0.717) is 12.2 Å². The molecule has 0 aliphatic rings. The summed E-state index contributed by atoms with van der Waals surface area (Å²) in [7, 11) is -4.07. The molecule has 0 bridgehead atoms. The number of hydrogen-bond donors (Lipinski definition) is 1. The van der Waals surface area contributed by atoms with Crippen molar-refractivity contribution in [2.45, 2.75) is 64.9 Å². The van der Waals surface area contributed by atoms with Gasteiger partial charge in [-0.25, -0.2) is 8.42 Å². The van der Waals surface area contributed by atoms with Gasteiger partial charge in [0.2, 0.25) is 11.8 Å². The van der Waals surface area contributed by atoms with Crippen LogP contribution in [0.15, 0.2) is 77.7 Å². The van der Waals surface area contributed by atoms with Crippen molar-refractivity contribution in [3.63, 3.8) is 0 Å². The van der Waals surface area contributed by atoms with E-state index in [-0.39, 0.29) is 17.3 Å². The van der Waals surface area contributed by atoms with Gasteiger partial charge < -0.3 is 10.2 Å². The number of anilines is 1. The van der Waals surface area contributed by atoms with Crippen LogP contribution in [0, 0.1) is 20.8 Å². The maximum Gasteiger partial charge on any atom is 0.264 e. The zero-order chi connectivity index (χ0) is 28.6. The number of benzene rings is 3. The van der Waals surface area contributed by atoms with Gasteiger partial charge in [-0.3, -0.25) is 13.9 Å². The highest BCUT2D eigenvalue weighted by Crippen LogP contribution is 2.25. The minimum absolute atomic E-state index is 0.0945. The van der Waals surface area contributed by atoms with Crippen LogP contribution < -0.4 is 9.62 Å². The molecule has 0 aliphatic heterocycles. The fourth-order valence-electron chi connectivity index (χ4n) is 4.20. The lowest BCUT2D eigenvalue weighted by molar-refractivity contribution is -0.139. The fourth-order valence-corrected chi connectivity index (χ4v) is 5.62. The summed E-state index contributed by atoms with van der Waals surface area (Å²) in [6, 6.07) is 20.5. The van der Waals surface area contributed by atoms with E-state index in [1.807, 2.05) is 64.1 Å². The van der Waals surface area contributed by atoms with Crippen molar-refractivity contribution in [1.82, 2.24) is 10.2 Å². The van der Waals surface area contributed by atoms with Gasteiger partial charge in [0.25, 0.3) is 10.0 Å². The largest absolute Gasteiger partial charge is 0.354 e. The molecule has 2 amide bonds. The average molecular weight is 550 g/mol. The third-order valence-electron chi connectivity index (χ3n) is 6.64. The highest BCUT2D eigenvalue weighted by molar-refractivity contribution is 7.92. The standard InChI is InChI=1S/C31H39N3O4S/c1-6-7-19-32-31(36)26(5)33(21-27-10-8-9-25(4)20-27)30(35)22-34(28-15-11-23(2)12-16-28)39(37,38)29-17-13-24(3)14-18-29/h8-18,20,26H,6-7,19,21-22H2,1-5H3,(H,32,36). The number of rotatable bonds is 12. The predicted molar refractivity (Wildman–Crippen MR) is 156 cm³/mol. The number of carbonyl (C=O) groups excluding carboxylic acids is 2. The van der Waals surface area contributed by atoms with Crippen molar-refractivity contribution < 1.29 is 18.0 Å². The van der Waals surface area contributed by atoms with Crippen LogP contribution in [-0.2, 0) is 26.2 Å². The van der Waals surface area contributed by atoms with Crippen molar-refractivity contribution in [3.05, 3.63) is 95.1 Å². The van der Waals surface area contributed by atoms with Gasteiger partial charge >= 0.3 is 0 Å². The van der Waals surface area contributed by atoms with Gasteiger partial charge in [0, 0.05) is 13.1 Å². The van der Waals surface area contributed by atoms with Crippen LogP contribution in [0.1, 0.15) is 48.9 Å². The molecular weight excluding hydrogens is 510 g/mol. The number of sulfonamides is 1. The lowest BCUT2D eigenvalue weighted by atomic mass is 10.1. The van der Waals surface area contributed by atoms with Gasteiger partial charge in [0.1, 0.15) is 12.6 Å². The molecule has 3 rings (SSSR count). The lowest BCUT2D eigenvalue weighted by Gasteiger charge is -2.32. The molecule has 7 nitrogen and oxygen atoms in total. The first kappa shape index (κ1) is 29.9. The Labute approximate surface area is 232 Å². The molecular formula is C31H39N3O4S. The number of aryl methyl sites for hydroxylation is 3. The lowest BCUT2D eigenvalue weighted by Crippen LogP contribution is -2.51. The molecule has 0 fully saturated rings. The Balaban J connectivity index is 1.99. The summed E-state index contributed by atoms with van der Waals surface area (Å²) >= 11 is 0. The van der Waals surface area contributed by atoms with E-state index < -0.39 is 28.5 Å². The molecule has 0 saturated heterocycles. The first-order chi connectivity index (χ1) is 18.5. The Morgan fingerprint density at radius 2 is 1.49 bits per heavy atom. The molecule has 39 heavy (non-hydrogen) atoms. The van der Waals surface area contributed by atoms with Crippen molar-refractivity contribution in [3.8, 4) is 0 Å². The van der Waals surface area contributed by atoms with Crippen molar-refractivity contribution in [2.24, 2.45) is 0 Å². The molecule has 0 heterocycles. The van der Waals surface area contributed by atoms with Crippen LogP contribution >= 0.6 is 0 Å². The minimum atomic E-state index is -4.07. The number of nitrogens with one attached hydrogen (secondary N) is 1. The van der Waals surface area contributed by atoms with Crippen LogP contribution in [0.2, 0.25) is 0 Å². The van der Waals surface area contributed by atoms with Gasteiger partial charge in [-0.15, -0.1) is 0 Å². The summed E-state index contributed by atoms with van der Waals surface area (Å²) in [6.45, 7) is 9.72. The second-order valence-corrected chi connectivity index (χ2v) is 11.9. The molecule has 3 aromatic rings. The monoisotopic (exact) mass is 549 g/mol. The van der Waals surface area contributed by atoms with Gasteiger partial charge in [0.05, 0.1) is 10.6 Å². The van der Waals surface area contributed by atoms with Crippen LogP contribution in [0.4, 0.5) is 5.69 Å². The summed E-state index contributed by atoms with van der Waals surface area (Å²) in [4.78, 5) is 28.5. The van der Waals surface area contributed by atoms with Crippen molar-refractivity contribution in [2.75, 3.05) is 17.4 Å². The number of amides is 2. The number of nitrogens with zero attached hydrogens (tertiary/aromatic N) is 2. The quantitative estimate of drug-likeness (QED) is 0.317. The summed E-state index contributed by atoms with van der Waals surface area (Å²) in [6.07, 6.45) is 1.77. The topological polar surface area (TPSA) is 86.8 Å². The Morgan fingerprint density at radius 1 is 0.872 bits per heavy atom. The molecule has 1 N–H and O–H groups in total. The molecule has 0 spiro atoms. The first-order valence-electron chi connectivity index (χ1n) is 13.3. The molecule has 1 atom stereocenters. The average Bonchev–Trinajstić information content (AvgIpc) is 2.90. The normalized spacial score (nSPS) is 12.0. The minimum Gasteiger partial charge on any atom is -0.354 e. The fraction of sp³-hybridized carbons (Fsp3) is 0.355. The highest BCUT2D eigenvalue weighted by atomic mass is 32.2. The summed E-state index contributed by atoms with van der Waals surface area (Å²) in [5, 5.41) is 2.90. The maximum absolute atomic E-state index is 13.9. The second-order valence-electron chi connectivity index (χ2n) is 9.99. The first-order valence-corrected chi connectivity index (χ1v) is 14.8. The van der Waals surface area contributed by atoms with Crippen LogP contribution in [-0.4, -0.2) is 44.3 Å². The zero-order valence-electron chi connectivity index (χ0n) is 23.5. The van der Waals surface area contributed by atoms with E-state index in [1.54, 1.807) is 43.3 Å². The van der Waals surface area contributed by atoms with Gasteiger partial charge in [-0.2, -0.15) is 0 Å². The summed E-state index contributed by atoms with van der Waals surface area (Å²) in [5.41, 5.74) is 4.17. The molecule has 0 saturated carbocycles. The van der Waals surface area contributed by atoms with Crippen molar-refractivity contribution >= 4 is 27.5 Å².